The van der Waals surface area contributed by atoms with Crippen LogP contribution in [-0.4, -0.2) is 57.1 Å². The molecule has 3 atom stereocenters. The van der Waals surface area contributed by atoms with Crippen LogP contribution in [0, 0.1) is 35.0 Å². The Hall–Kier alpha value is -1.54. The van der Waals surface area contributed by atoms with E-state index in [0.29, 0.717) is 31.3 Å². The molecule has 4 aliphatic rings. The van der Waals surface area contributed by atoms with Crippen LogP contribution in [0.3, 0.4) is 0 Å². The normalized spacial score (nSPS) is 27.5. The van der Waals surface area contributed by atoms with Crippen molar-refractivity contribution in [2.45, 2.75) is 83.8 Å². The third-order valence-electron chi connectivity index (χ3n) is 9.48. The number of rotatable bonds is 15. The Bertz CT molecular complexity index is 891. The quantitative estimate of drug-likeness (QED) is 0.265. The molecule has 0 heterocycles. The summed E-state index contributed by atoms with van der Waals surface area (Å²) in [5.41, 5.74) is 7.47. The number of nitrogens with two attached hydrogens (primary N) is 1. The fourth-order valence-corrected chi connectivity index (χ4v) is 7.67. The fraction of sp³-hybridized carbons (Fsp3) is 0.774. The molecule has 4 N–H and O–H groups in total. The van der Waals surface area contributed by atoms with E-state index in [0.717, 1.165) is 61.2 Å². The van der Waals surface area contributed by atoms with Gasteiger partial charge in [0.1, 0.15) is 0 Å². The number of aliphatic hydroxyl groups is 1. The summed E-state index contributed by atoms with van der Waals surface area (Å²) in [6, 6.07) is 5.67. The first-order valence-corrected chi connectivity index (χ1v) is 14.7. The molecule has 4 bridgehead atoms. The first-order valence-electron chi connectivity index (χ1n) is 14.7. The zero-order valence-corrected chi connectivity index (χ0v) is 25.1. The van der Waals surface area contributed by atoms with Crippen LogP contribution in [0.15, 0.2) is 18.2 Å². The van der Waals surface area contributed by atoms with E-state index < -0.39 is 12.1 Å². The van der Waals surface area contributed by atoms with Crippen LogP contribution < -0.4 is 20.5 Å². The average Bonchev–Trinajstić information content (AvgIpc) is 2.88. The number of hydrogen-bond donors (Lipinski definition) is 3. The van der Waals surface area contributed by atoms with Crippen molar-refractivity contribution in [1.29, 1.82) is 0 Å². The van der Waals surface area contributed by atoms with Crippen molar-refractivity contribution in [2.75, 3.05) is 34.0 Å². The van der Waals surface area contributed by atoms with Crippen LogP contribution in [0.1, 0.15) is 70.8 Å². The van der Waals surface area contributed by atoms with Gasteiger partial charge >= 0.3 is 0 Å². The third kappa shape index (κ3) is 8.02. The SMILES string of the molecule is COCCCOc1cc(C[C@@H](C[C@H](N)[C@@H](O)CNC(=O)C23CC4CC(CC(C4)C2)C3)C(C)C)ccc1OC.Cl. The maximum Gasteiger partial charge on any atom is 0.226 e. The lowest BCUT2D eigenvalue weighted by Crippen LogP contribution is -2.55. The van der Waals surface area contributed by atoms with Crippen molar-refractivity contribution >= 4 is 18.3 Å². The smallest absolute Gasteiger partial charge is 0.226 e. The second-order valence-corrected chi connectivity index (χ2v) is 12.8. The van der Waals surface area contributed by atoms with Crippen LogP contribution >= 0.6 is 12.4 Å². The molecule has 1 amide bonds. The standard InChI is InChI=1S/C31H50N2O5.ClH/c1-20(2)25(13-21-6-7-28(37-4)29(14-21)38-9-5-8-36-3)15-26(32)27(34)19-33-30(35)31-16-22-10-23(17-31)12-24(11-22)18-31;/h6-7,14,20,22-27,34H,5,8-13,15-19,32H2,1-4H3,(H,33,35);1H/t22?,23?,24?,25-,26-,27-,31?;/m0./s1. The molecule has 0 aromatic heterocycles. The first-order chi connectivity index (χ1) is 18.2. The number of amides is 1. The minimum absolute atomic E-state index is 0. The summed E-state index contributed by atoms with van der Waals surface area (Å²) in [6.07, 6.45) is 8.59. The van der Waals surface area contributed by atoms with E-state index in [-0.39, 0.29) is 36.2 Å². The Balaban J connectivity index is 0.00000420. The summed E-state index contributed by atoms with van der Waals surface area (Å²) in [5.74, 6) is 4.45. The van der Waals surface area contributed by atoms with E-state index in [1.165, 1.54) is 19.3 Å². The molecule has 0 saturated heterocycles. The van der Waals surface area contributed by atoms with Crippen LogP contribution in [0.4, 0.5) is 0 Å². The minimum Gasteiger partial charge on any atom is -0.493 e. The molecule has 1 aromatic rings. The highest BCUT2D eigenvalue weighted by molar-refractivity contribution is 5.85. The van der Waals surface area contributed by atoms with E-state index >= 15 is 0 Å². The van der Waals surface area contributed by atoms with Crippen LogP contribution in [0.25, 0.3) is 0 Å². The summed E-state index contributed by atoms with van der Waals surface area (Å²) >= 11 is 0. The Morgan fingerprint density at radius 2 is 1.72 bits per heavy atom. The zero-order chi connectivity index (χ0) is 27.3. The molecule has 0 unspecified atom stereocenters. The number of carbonyl (C=O) groups excluding carboxylic acids is 1. The van der Waals surface area contributed by atoms with Crippen LogP contribution in [0.2, 0.25) is 0 Å². The molecule has 5 rings (SSSR count). The monoisotopic (exact) mass is 566 g/mol. The lowest BCUT2D eigenvalue weighted by Gasteiger charge is -2.55. The summed E-state index contributed by atoms with van der Waals surface area (Å²) in [5, 5.41) is 14.0. The molecule has 0 spiro atoms. The number of ether oxygens (including phenoxy) is 3. The molecule has 4 fully saturated rings. The van der Waals surface area contributed by atoms with E-state index in [2.05, 4.69) is 31.3 Å². The molecule has 39 heavy (non-hydrogen) atoms. The van der Waals surface area contributed by atoms with Gasteiger partial charge in [-0.3, -0.25) is 4.79 Å². The van der Waals surface area contributed by atoms with Gasteiger partial charge in [0.15, 0.2) is 11.5 Å². The number of aliphatic hydroxyl groups excluding tert-OH is 1. The van der Waals surface area contributed by atoms with Gasteiger partial charge in [-0.25, -0.2) is 0 Å². The highest BCUT2D eigenvalue weighted by Gasteiger charge is 2.54. The van der Waals surface area contributed by atoms with Gasteiger partial charge in [0, 0.05) is 38.1 Å². The highest BCUT2D eigenvalue weighted by atomic mass is 35.5. The lowest BCUT2D eigenvalue weighted by molar-refractivity contribution is -0.146. The predicted molar refractivity (Wildman–Crippen MR) is 156 cm³/mol. The lowest BCUT2D eigenvalue weighted by atomic mass is 9.49. The third-order valence-corrected chi connectivity index (χ3v) is 9.48. The molecule has 1 aromatic carbocycles. The Labute approximate surface area is 241 Å². The predicted octanol–water partition coefficient (Wildman–Crippen LogP) is 4.76. The van der Waals surface area contributed by atoms with Gasteiger partial charge < -0.3 is 30.4 Å². The fourth-order valence-electron chi connectivity index (χ4n) is 7.67. The van der Waals surface area contributed by atoms with E-state index in [9.17, 15) is 9.90 Å². The van der Waals surface area contributed by atoms with Crippen molar-refractivity contribution in [2.24, 2.45) is 40.7 Å². The van der Waals surface area contributed by atoms with Gasteiger partial charge in [-0.2, -0.15) is 0 Å². The second-order valence-electron chi connectivity index (χ2n) is 12.8. The molecule has 0 radical (unpaired) electrons. The Morgan fingerprint density at radius 3 is 2.28 bits per heavy atom. The molecule has 4 saturated carbocycles. The van der Waals surface area contributed by atoms with Crippen molar-refractivity contribution in [3.63, 3.8) is 0 Å². The maximum atomic E-state index is 13.3. The van der Waals surface area contributed by atoms with Crippen molar-refractivity contribution in [3.8, 4) is 11.5 Å². The van der Waals surface area contributed by atoms with Gasteiger partial charge in [0.25, 0.3) is 0 Å². The summed E-state index contributed by atoms with van der Waals surface area (Å²) in [4.78, 5) is 13.3. The Morgan fingerprint density at radius 1 is 1.08 bits per heavy atom. The van der Waals surface area contributed by atoms with E-state index in [1.807, 2.05) is 6.07 Å². The van der Waals surface area contributed by atoms with E-state index in [4.69, 9.17) is 19.9 Å². The highest BCUT2D eigenvalue weighted by Crippen LogP contribution is 2.60. The molecular weight excluding hydrogens is 516 g/mol. The van der Waals surface area contributed by atoms with Gasteiger partial charge in [-0.15, -0.1) is 12.4 Å². The van der Waals surface area contributed by atoms with Crippen molar-refractivity contribution < 1.29 is 24.1 Å². The van der Waals surface area contributed by atoms with Crippen molar-refractivity contribution in [3.05, 3.63) is 23.8 Å². The summed E-state index contributed by atoms with van der Waals surface area (Å²) in [6.45, 7) is 5.84. The van der Waals surface area contributed by atoms with Gasteiger partial charge in [-0.05, 0) is 98.7 Å². The van der Waals surface area contributed by atoms with Crippen LogP contribution in [-0.2, 0) is 16.0 Å². The zero-order valence-electron chi connectivity index (χ0n) is 24.3. The number of hydrogen-bond acceptors (Lipinski definition) is 6. The Kier molecular flexibility index (Phi) is 11.8. The topological polar surface area (TPSA) is 103 Å². The number of carbonyl (C=O) groups is 1. The molecule has 7 nitrogen and oxygen atoms in total. The number of nitrogens with one attached hydrogen (secondary N) is 1. The first kappa shape index (κ1) is 32.0. The number of methoxy groups -OCH3 is 2. The molecule has 0 aliphatic heterocycles. The van der Waals surface area contributed by atoms with E-state index in [1.54, 1.807) is 14.2 Å². The summed E-state index contributed by atoms with van der Waals surface area (Å²) in [7, 11) is 3.34. The van der Waals surface area contributed by atoms with Crippen molar-refractivity contribution in [1.82, 2.24) is 5.32 Å². The van der Waals surface area contributed by atoms with Gasteiger partial charge in [-0.1, -0.05) is 19.9 Å². The number of halogens is 1. The largest absolute Gasteiger partial charge is 0.493 e. The molecule has 4 aliphatic carbocycles. The van der Waals surface area contributed by atoms with Gasteiger partial charge in [0.05, 0.1) is 19.8 Å². The maximum absolute atomic E-state index is 13.3. The molecule has 222 valence electrons. The molecule has 8 heteroatoms. The van der Waals surface area contributed by atoms with Crippen LogP contribution in [0.5, 0.6) is 11.5 Å². The molecular formula is C31H51ClN2O5. The van der Waals surface area contributed by atoms with Gasteiger partial charge in [0.2, 0.25) is 5.91 Å². The average molecular weight is 567 g/mol. The number of benzene rings is 1. The second kappa shape index (κ2) is 14.4. The minimum atomic E-state index is -0.760. The summed E-state index contributed by atoms with van der Waals surface area (Å²) < 4.78 is 16.6.